The molecule has 5 nitrogen and oxygen atoms in total. The zero-order chi connectivity index (χ0) is 14.6. The standard InChI is InChI=1S/C14H19NO4/c1-5-6-15-8-9-10(16)7-14(2,3)11(12(9)17)13(18)19-4/h5,8,11,17H,1,6-7H2,2-4H3/t11-/m0/s1. The van der Waals surface area contributed by atoms with Crippen molar-refractivity contribution in [2.75, 3.05) is 13.7 Å². The molecule has 1 rings (SSSR count). The average molecular weight is 265 g/mol. The third-order valence-corrected chi connectivity index (χ3v) is 3.14. The first-order valence-corrected chi connectivity index (χ1v) is 6.00. The lowest BCUT2D eigenvalue weighted by molar-refractivity contribution is -0.150. The molecule has 1 N–H and O–H groups in total. The van der Waals surface area contributed by atoms with Gasteiger partial charge in [-0.1, -0.05) is 19.9 Å². The first kappa shape index (κ1) is 15.1. The van der Waals surface area contributed by atoms with Crippen LogP contribution in [-0.2, 0) is 14.3 Å². The Balaban J connectivity index is 3.23. The number of rotatable bonds is 4. The Morgan fingerprint density at radius 3 is 2.79 bits per heavy atom. The Hall–Kier alpha value is -1.91. The smallest absolute Gasteiger partial charge is 0.316 e. The molecule has 1 aliphatic carbocycles. The molecule has 0 unspecified atom stereocenters. The number of esters is 1. The predicted octanol–water partition coefficient (Wildman–Crippen LogP) is 1.84. The largest absolute Gasteiger partial charge is 0.511 e. The Morgan fingerprint density at radius 1 is 1.63 bits per heavy atom. The summed E-state index contributed by atoms with van der Waals surface area (Å²) in [5, 5.41) is 10.2. The number of allylic oxidation sites excluding steroid dienone is 1. The fourth-order valence-corrected chi connectivity index (χ4v) is 2.18. The van der Waals surface area contributed by atoms with Gasteiger partial charge in [0.2, 0.25) is 0 Å². The van der Waals surface area contributed by atoms with Gasteiger partial charge in [-0.05, 0) is 5.41 Å². The molecular weight excluding hydrogens is 246 g/mol. The second-order valence-electron chi connectivity index (χ2n) is 5.13. The highest BCUT2D eigenvalue weighted by Crippen LogP contribution is 2.41. The number of nitrogens with zero attached hydrogens (tertiary/aromatic N) is 1. The first-order chi connectivity index (χ1) is 8.85. The van der Waals surface area contributed by atoms with E-state index in [1.807, 2.05) is 0 Å². The number of aliphatic imine (C=N–C) groups is 1. The molecule has 104 valence electrons. The minimum absolute atomic E-state index is 0.0802. The van der Waals surface area contributed by atoms with Crippen LogP contribution in [-0.4, -0.2) is 36.7 Å². The second kappa shape index (κ2) is 5.82. The van der Waals surface area contributed by atoms with E-state index >= 15 is 0 Å². The van der Waals surface area contributed by atoms with Crippen molar-refractivity contribution in [2.45, 2.75) is 20.3 Å². The highest BCUT2D eigenvalue weighted by atomic mass is 16.5. The molecule has 0 saturated carbocycles. The summed E-state index contributed by atoms with van der Waals surface area (Å²) in [4.78, 5) is 27.7. The molecule has 0 aliphatic heterocycles. The van der Waals surface area contributed by atoms with E-state index in [2.05, 4.69) is 11.6 Å². The molecule has 1 atom stereocenters. The van der Waals surface area contributed by atoms with E-state index in [-0.39, 0.29) is 23.5 Å². The normalized spacial score (nSPS) is 22.7. The number of methoxy groups -OCH3 is 1. The number of hydrogen-bond acceptors (Lipinski definition) is 5. The number of carbonyl (C=O) groups is 2. The van der Waals surface area contributed by atoms with Crippen molar-refractivity contribution < 1.29 is 19.4 Å². The SMILES string of the molecule is C=CCN=CC1=C(O)[C@@H](C(=O)OC)C(C)(C)CC1=O. The van der Waals surface area contributed by atoms with Crippen molar-refractivity contribution in [1.29, 1.82) is 0 Å². The van der Waals surface area contributed by atoms with Crippen molar-refractivity contribution in [1.82, 2.24) is 0 Å². The first-order valence-electron chi connectivity index (χ1n) is 6.00. The molecule has 0 heterocycles. The van der Waals surface area contributed by atoms with E-state index in [0.29, 0.717) is 6.54 Å². The summed E-state index contributed by atoms with van der Waals surface area (Å²) in [6.45, 7) is 7.35. The highest BCUT2D eigenvalue weighted by Gasteiger charge is 2.46. The third kappa shape index (κ3) is 3.10. The van der Waals surface area contributed by atoms with Crippen LogP contribution in [0.4, 0.5) is 0 Å². The van der Waals surface area contributed by atoms with Gasteiger partial charge in [-0.25, -0.2) is 0 Å². The molecule has 0 fully saturated rings. The molecule has 0 spiro atoms. The van der Waals surface area contributed by atoms with Crippen LogP contribution in [0.25, 0.3) is 0 Å². The number of ketones is 1. The summed E-state index contributed by atoms with van der Waals surface area (Å²) >= 11 is 0. The van der Waals surface area contributed by atoms with Crippen LogP contribution in [0.15, 0.2) is 29.0 Å². The van der Waals surface area contributed by atoms with Crippen molar-refractivity contribution in [3.63, 3.8) is 0 Å². The molecular formula is C14H19NO4. The van der Waals surface area contributed by atoms with E-state index in [4.69, 9.17) is 4.74 Å². The number of aliphatic hydroxyl groups excluding tert-OH is 1. The van der Waals surface area contributed by atoms with Gasteiger partial charge in [-0.3, -0.25) is 14.6 Å². The fraction of sp³-hybridized carbons (Fsp3) is 0.500. The molecule has 1 aliphatic rings. The summed E-state index contributed by atoms with van der Waals surface area (Å²) < 4.78 is 4.70. The van der Waals surface area contributed by atoms with Crippen molar-refractivity contribution in [3.05, 3.63) is 24.0 Å². The Labute approximate surface area is 112 Å². The molecule has 0 aromatic carbocycles. The Bertz CT molecular complexity index is 460. The number of hydrogen-bond donors (Lipinski definition) is 1. The summed E-state index contributed by atoms with van der Waals surface area (Å²) in [7, 11) is 1.26. The zero-order valence-electron chi connectivity index (χ0n) is 11.5. The van der Waals surface area contributed by atoms with Gasteiger partial charge in [0.25, 0.3) is 0 Å². The Morgan fingerprint density at radius 2 is 2.26 bits per heavy atom. The zero-order valence-corrected chi connectivity index (χ0v) is 11.5. The van der Waals surface area contributed by atoms with Gasteiger partial charge < -0.3 is 9.84 Å². The second-order valence-corrected chi connectivity index (χ2v) is 5.13. The van der Waals surface area contributed by atoms with Crippen LogP contribution < -0.4 is 0 Å². The number of carbonyl (C=O) groups excluding carboxylic acids is 2. The highest BCUT2D eigenvalue weighted by molar-refractivity contribution is 6.15. The van der Waals surface area contributed by atoms with Gasteiger partial charge in [0.1, 0.15) is 11.7 Å². The number of Topliss-reactive ketones (excluding diaryl/α,β-unsaturated/α-hetero) is 1. The minimum atomic E-state index is -0.847. The van der Waals surface area contributed by atoms with E-state index in [1.165, 1.54) is 13.3 Å². The van der Waals surface area contributed by atoms with Crippen LogP contribution >= 0.6 is 0 Å². The van der Waals surface area contributed by atoms with E-state index in [0.717, 1.165) is 0 Å². The summed E-state index contributed by atoms with van der Waals surface area (Å²) in [5.74, 6) is -1.89. The molecule has 0 saturated heterocycles. The van der Waals surface area contributed by atoms with Gasteiger partial charge in [0.15, 0.2) is 5.78 Å². The fourth-order valence-electron chi connectivity index (χ4n) is 2.18. The Kier molecular flexibility index (Phi) is 4.64. The number of aliphatic hydroxyl groups is 1. The van der Waals surface area contributed by atoms with Gasteiger partial charge >= 0.3 is 5.97 Å². The van der Waals surface area contributed by atoms with Crippen molar-refractivity contribution >= 4 is 18.0 Å². The van der Waals surface area contributed by atoms with Crippen LogP contribution in [0.5, 0.6) is 0 Å². The van der Waals surface area contributed by atoms with Gasteiger partial charge in [-0.15, -0.1) is 6.58 Å². The quantitative estimate of drug-likeness (QED) is 0.478. The van der Waals surface area contributed by atoms with E-state index in [9.17, 15) is 14.7 Å². The van der Waals surface area contributed by atoms with Gasteiger partial charge in [-0.2, -0.15) is 0 Å². The maximum atomic E-state index is 12.0. The third-order valence-electron chi connectivity index (χ3n) is 3.14. The lowest BCUT2D eigenvalue weighted by atomic mass is 9.68. The van der Waals surface area contributed by atoms with E-state index in [1.54, 1.807) is 19.9 Å². The molecule has 19 heavy (non-hydrogen) atoms. The lowest BCUT2D eigenvalue weighted by Crippen LogP contribution is -2.40. The summed E-state index contributed by atoms with van der Waals surface area (Å²) in [6.07, 6.45) is 3.03. The molecule has 0 aromatic rings. The molecule has 0 bridgehead atoms. The van der Waals surface area contributed by atoms with Gasteiger partial charge in [0, 0.05) is 12.6 Å². The molecule has 0 amide bonds. The average Bonchev–Trinajstić information content (AvgIpc) is 2.31. The van der Waals surface area contributed by atoms with Crippen LogP contribution in [0, 0.1) is 11.3 Å². The van der Waals surface area contributed by atoms with E-state index < -0.39 is 17.3 Å². The molecule has 0 radical (unpaired) electrons. The minimum Gasteiger partial charge on any atom is -0.511 e. The van der Waals surface area contributed by atoms with Crippen molar-refractivity contribution in [3.8, 4) is 0 Å². The lowest BCUT2D eigenvalue weighted by Gasteiger charge is -2.35. The van der Waals surface area contributed by atoms with Gasteiger partial charge in [0.05, 0.1) is 19.2 Å². The van der Waals surface area contributed by atoms with Crippen LogP contribution in [0.1, 0.15) is 20.3 Å². The van der Waals surface area contributed by atoms with Crippen molar-refractivity contribution in [2.24, 2.45) is 16.3 Å². The predicted molar refractivity (Wildman–Crippen MR) is 72.1 cm³/mol. The maximum absolute atomic E-state index is 12.0. The molecule has 0 aromatic heterocycles. The van der Waals surface area contributed by atoms with Crippen LogP contribution in [0.2, 0.25) is 0 Å². The number of ether oxygens (including phenoxy) is 1. The summed E-state index contributed by atoms with van der Waals surface area (Å²) in [5.41, 5.74) is -0.596. The maximum Gasteiger partial charge on any atom is 0.316 e. The topological polar surface area (TPSA) is 76.0 Å². The molecule has 5 heteroatoms. The van der Waals surface area contributed by atoms with Crippen LogP contribution in [0.3, 0.4) is 0 Å². The summed E-state index contributed by atoms with van der Waals surface area (Å²) in [6, 6.07) is 0. The monoisotopic (exact) mass is 265 g/mol.